The van der Waals surface area contributed by atoms with Gasteiger partial charge in [-0.05, 0) is 44.4 Å². The first kappa shape index (κ1) is 16.2. The first-order valence-electron chi connectivity index (χ1n) is 8.10. The predicted octanol–water partition coefficient (Wildman–Crippen LogP) is 3.44. The lowest BCUT2D eigenvalue weighted by Gasteiger charge is -2.16. The Hall–Kier alpha value is -2.31. The Morgan fingerprint density at radius 3 is 2.80 bits per heavy atom. The minimum Gasteiger partial charge on any atom is -0.304 e. The third-order valence-corrected chi connectivity index (χ3v) is 4.62. The normalized spacial score (nSPS) is 13.2. The fraction of sp³-hybridized carbons (Fsp3) is 0.211. The van der Waals surface area contributed by atoms with Crippen LogP contribution in [0.15, 0.2) is 58.3 Å². The second-order valence-electron chi connectivity index (χ2n) is 6.28. The molecule has 0 spiro atoms. The third kappa shape index (κ3) is 3.03. The van der Waals surface area contributed by atoms with E-state index in [1.807, 2.05) is 24.4 Å². The molecule has 0 bridgehead atoms. The van der Waals surface area contributed by atoms with Crippen LogP contribution in [-0.4, -0.2) is 39.2 Å². The first-order chi connectivity index (χ1) is 12.1. The lowest BCUT2D eigenvalue weighted by Crippen LogP contribution is -2.16. The van der Waals surface area contributed by atoms with Crippen LogP contribution in [0.4, 0.5) is 0 Å². The van der Waals surface area contributed by atoms with Crippen molar-refractivity contribution in [1.82, 2.24) is 19.4 Å². The van der Waals surface area contributed by atoms with Gasteiger partial charge in [-0.1, -0.05) is 22.0 Å². The van der Waals surface area contributed by atoms with Gasteiger partial charge in [-0.15, -0.1) is 0 Å². The molecule has 126 valence electrons. The minimum absolute atomic E-state index is 0.533. The zero-order valence-electron chi connectivity index (χ0n) is 14.1. The maximum Gasteiger partial charge on any atom is 0.135 e. The summed E-state index contributed by atoms with van der Waals surface area (Å²) in [5.41, 5.74) is 5.08. The standard InChI is InChI=1S/C19H18BrN5/c1-24(2)12-14-10-22-18-11-23-19(16-5-3-4-8-21-16)15-9-13(20)6-7-17(15)25(14)18/h3-10H,11-12H2,1-2H3. The van der Waals surface area contributed by atoms with Crippen molar-refractivity contribution in [3.63, 3.8) is 0 Å². The van der Waals surface area contributed by atoms with Crippen LogP contribution in [0.3, 0.4) is 0 Å². The summed E-state index contributed by atoms with van der Waals surface area (Å²) in [5.74, 6) is 0.950. The van der Waals surface area contributed by atoms with E-state index in [2.05, 4.69) is 67.7 Å². The Bertz CT molecular complexity index is 944. The highest BCUT2D eigenvalue weighted by molar-refractivity contribution is 9.10. The summed E-state index contributed by atoms with van der Waals surface area (Å²) in [4.78, 5) is 16.1. The van der Waals surface area contributed by atoms with Gasteiger partial charge >= 0.3 is 0 Å². The average Bonchev–Trinajstić information content (AvgIpc) is 2.90. The number of aromatic nitrogens is 3. The smallest absolute Gasteiger partial charge is 0.135 e. The zero-order valence-corrected chi connectivity index (χ0v) is 15.7. The highest BCUT2D eigenvalue weighted by Crippen LogP contribution is 2.28. The molecule has 0 saturated heterocycles. The largest absolute Gasteiger partial charge is 0.304 e. The maximum atomic E-state index is 4.85. The summed E-state index contributed by atoms with van der Waals surface area (Å²) < 4.78 is 3.24. The molecule has 0 atom stereocenters. The SMILES string of the molecule is CN(C)Cc1cnc2n1-c1ccc(Br)cc1C(c1ccccn1)=NC2. The van der Waals surface area contributed by atoms with E-state index in [1.54, 1.807) is 6.20 Å². The Morgan fingerprint density at radius 1 is 1.16 bits per heavy atom. The molecule has 3 aromatic rings. The molecule has 1 aromatic carbocycles. The molecule has 0 N–H and O–H groups in total. The Morgan fingerprint density at radius 2 is 2.04 bits per heavy atom. The molecular formula is C19H18BrN5. The van der Waals surface area contributed by atoms with E-state index in [-0.39, 0.29) is 0 Å². The molecule has 0 unspecified atom stereocenters. The van der Waals surface area contributed by atoms with E-state index < -0.39 is 0 Å². The van der Waals surface area contributed by atoms with Gasteiger partial charge in [-0.2, -0.15) is 0 Å². The van der Waals surface area contributed by atoms with Crippen molar-refractivity contribution in [2.45, 2.75) is 13.1 Å². The third-order valence-electron chi connectivity index (χ3n) is 4.13. The van der Waals surface area contributed by atoms with Crippen molar-refractivity contribution < 1.29 is 0 Å². The van der Waals surface area contributed by atoms with E-state index >= 15 is 0 Å². The Balaban J connectivity index is 1.94. The van der Waals surface area contributed by atoms with Crippen molar-refractivity contribution >= 4 is 21.6 Å². The molecule has 5 nitrogen and oxygen atoms in total. The second kappa shape index (κ2) is 6.54. The number of hydrogen-bond donors (Lipinski definition) is 0. The van der Waals surface area contributed by atoms with Crippen LogP contribution in [-0.2, 0) is 13.1 Å². The summed E-state index contributed by atoms with van der Waals surface area (Å²) >= 11 is 3.60. The van der Waals surface area contributed by atoms with Gasteiger partial charge in [0.05, 0.1) is 35.5 Å². The number of hydrogen-bond acceptors (Lipinski definition) is 4. The summed E-state index contributed by atoms with van der Waals surface area (Å²) in [5, 5.41) is 0. The molecule has 1 aliphatic rings. The van der Waals surface area contributed by atoms with Crippen LogP contribution in [0, 0.1) is 0 Å². The van der Waals surface area contributed by atoms with Gasteiger partial charge in [0.15, 0.2) is 0 Å². The molecule has 6 heteroatoms. The highest BCUT2D eigenvalue weighted by Gasteiger charge is 2.22. The maximum absolute atomic E-state index is 4.85. The first-order valence-corrected chi connectivity index (χ1v) is 8.89. The van der Waals surface area contributed by atoms with Crippen LogP contribution in [0.2, 0.25) is 0 Å². The average molecular weight is 396 g/mol. The quantitative estimate of drug-likeness (QED) is 0.682. The number of halogens is 1. The number of imidazole rings is 1. The number of fused-ring (bicyclic) bond motifs is 3. The van der Waals surface area contributed by atoms with Gasteiger partial charge in [-0.3, -0.25) is 14.5 Å². The molecule has 0 saturated carbocycles. The van der Waals surface area contributed by atoms with Crippen LogP contribution in [0.25, 0.3) is 5.69 Å². The fourth-order valence-corrected chi connectivity index (χ4v) is 3.48. The van der Waals surface area contributed by atoms with Crippen molar-refractivity contribution in [2.24, 2.45) is 4.99 Å². The summed E-state index contributed by atoms with van der Waals surface area (Å²) in [6.45, 7) is 1.35. The molecule has 0 amide bonds. The van der Waals surface area contributed by atoms with Crippen molar-refractivity contribution in [2.75, 3.05) is 14.1 Å². The molecule has 0 aliphatic carbocycles. The number of pyridine rings is 1. The Labute approximate surface area is 155 Å². The number of rotatable bonds is 3. The lowest BCUT2D eigenvalue weighted by molar-refractivity contribution is 0.393. The lowest BCUT2D eigenvalue weighted by atomic mass is 10.0. The van der Waals surface area contributed by atoms with Crippen LogP contribution < -0.4 is 0 Å². The minimum atomic E-state index is 0.533. The fourth-order valence-electron chi connectivity index (χ4n) is 3.12. The molecule has 1 aliphatic heterocycles. The molecule has 2 aromatic heterocycles. The van der Waals surface area contributed by atoms with Crippen molar-refractivity contribution in [3.05, 3.63) is 76.0 Å². The molecule has 0 fully saturated rings. The highest BCUT2D eigenvalue weighted by atomic mass is 79.9. The van der Waals surface area contributed by atoms with Gasteiger partial charge < -0.3 is 4.90 Å². The molecule has 3 heterocycles. The Kier molecular flexibility index (Phi) is 4.23. The molecular weight excluding hydrogens is 378 g/mol. The van der Waals surface area contributed by atoms with Gasteiger partial charge in [0.25, 0.3) is 0 Å². The van der Waals surface area contributed by atoms with Crippen LogP contribution >= 0.6 is 15.9 Å². The van der Waals surface area contributed by atoms with Gasteiger partial charge in [0.1, 0.15) is 5.82 Å². The van der Waals surface area contributed by atoms with E-state index in [1.165, 1.54) is 0 Å². The summed E-state index contributed by atoms with van der Waals surface area (Å²) in [6, 6.07) is 12.2. The van der Waals surface area contributed by atoms with Crippen molar-refractivity contribution in [1.29, 1.82) is 0 Å². The monoisotopic (exact) mass is 395 g/mol. The van der Waals surface area contributed by atoms with E-state index in [4.69, 9.17) is 4.99 Å². The van der Waals surface area contributed by atoms with Gasteiger partial charge in [0, 0.05) is 22.8 Å². The number of aliphatic imine (C=N–C) groups is 1. The van der Waals surface area contributed by atoms with Crippen LogP contribution in [0.1, 0.15) is 22.8 Å². The van der Waals surface area contributed by atoms with E-state index in [9.17, 15) is 0 Å². The number of benzene rings is 1. The summed E-state index contributed by atoms with van der Waals surface area (Å²) in [7, 11) is 4.13. The van der Waals surface area contributed by atoms with Gasteiger partial charge in [-0.25, -0.2) is 4.98 Å². The zero-order chi connectivity index (χ0) is 17.4. The van der Waals surface area contributed by atoms with Crippen LogP contribution in [0.5, 0.6) is 0 Å². The second-order valence-corrected chi connectivity index (χ2v) is 7.20. The topological polar surface area (TPSA) is 46.3 Å². The van der Waals surface area contributed by atoms with Gasteiger partial charge in [0.2, 0.25) is 0 Å². The molecule has 4 rings (SSSR count). The number of nitrogens with zero attached hydrogens (tertiary/aromatic N) is 5. The predicted molar refractivity (Wildman–Crippen MR) is 102 cm³/mol. The van der Waals surface area contributed by atoms with E-state index in [0.717, 1.165) is 45.2 Å². The van der Waals surface area contributed by atoms with E-state index in [0.29, 0.717) is 6.54 Å². The van der Waals surface area contributed by atoms with Crippen molar-refractivity contribution in [3.8, 4) is 5.69 Å². The molecule has 25 heavy (non-hydrogen) atoms. The molecule has 0 radical (unpaired) electrons. The summed E-state index contributed by atoms with van der Waals surface area (Å²) in [6.07, 6.45) is 3.75.